The smallest absolute Gasteiger partial charge is 0.251 e. The van der Waals surface area contributed by atoms with Crippen LogP contribution in [-0.4, -0.2) is 11.9 Å². The normalized spacial score (nSPS) is 14.9. The first-order valence-electron chi connectivity index (χ1n) is 4.83. The minimum absolute atomic E-state index is 0.0243. The minimum atomic E-state index is 0.0243. The van der Waals surface area contributed by atoms with Crippen LogP contribution in [0.2, 0.25) is 0 Å². The number of nitrogens with one attached hydrogen (secondary N) is 1. The van der Waals surface area contributed by atoms with Crippen molar-refractivity contribution in [3.05, 3.63) is 42.0 Å². The molecule has 0 bridgehead atoms. The molecule has 1 aliphatic carbocycles. The van der Waals surface area contributed by atoms with Crippen molar-refractivity contribution in [3.63, 3.8) is 0 Å². The molecule has 2 nitrogen and oxygen atoms in total. The molecule has 1 fully saturated rings. The lowest BCUT2D eigenvalue weighted by Crippen LogP contribution is -2.25. The zero-order chi connectivity index (χ0) is 9.97. The molecule has 0 atom stereocenters. The third-order valence-electron chi connectivity index (χ3n) is 2.30. The SMILES string of the molecule is C=Cc1cccc(C(=O)NC2CC2)c1. The van der Waals surface area contributed by atoms with E-state index in [0.29, 0.717) is 11.6 Å². The van der Waals surface area contributed by atoms with Crippen LogP contribution in [0.3, 0.4) is 0 Å². The van der Waals surface area contributed by atoms with Crippen LogP contribution in [0.25, 0.3) is 6.08 Å². The molecule has 0 aromatic heterocycles. The molecule has 1 N–H and O–H groups in total. The minimum Gasteiger partial charge on any atom is -0.349 e. The monoisotopic (exact) mass is 187 g/mol. The first kappa shape index (κ1) is 9.00. The standard InChI is InChI=1S/C12H13NO/c1-2-9-4-3-5-10(8-9)12(14)13-11-6-7-11/h2-5,8,11H,1,6-7H2,(H,13,14). The molecule has 0 saturated heterocycles. The molecule has 1 saturated carbocycles. The maximum absolute atomic E-state index is 11.6. The van der Waals surface area contributed by atoms with Crippen LogP contribution in [0.15, 0.2) is 30.8 Å². The van der Waals surface area contributed by atoms with E-state index in [1.807, 2.05) is 24.3 Å². The molecular weight excluding hydrogens is 174 g/mol. The van der Waals surface area contributed by atoms with Gasteiger partial charge in [0.25, 0.3) is 5.91 Å². The maximum Gasteiger partial charge on any atom is 0.251 e. The van der Waals surface area contributed by atoms with Gasteiger partial charge in [0.1, 0.15) is 0 Å². The second kappa shape index (κ2) is 3.66. The van der Waals surface area contributed by atoms with Gasteiger partial charge in [-0.2, -0.15) is 0 Å². The summed E-state index contributed by atoms with van der Waals surface area (Å²) in [5.41, 5.74) is 1.70. The summed E-state index contributed by atoms with van der Waals surface area (Å²) < 4.78 is 0. The first-order chi connectivity index (χ1) is 6.79. The summed E-state index contributed by atoms with van der Waals surface area (Å²) in [5.74, 6) is 0.0243. The maximum atomic E-state index is 11.6. The predicted molar refractivity (Wildman–Crippen MR) is 57.0 cm³/mol. The molecule has 1 aliphatic rings. The Labute approximate surface area is 83.6 Å². The van der Waals surface area contributed by atoms with Gasteiger partial charge < -0.3 is 5.32 Å². The van der Waals surface area contributed by atoms with Crippen molar-refractivity contribution in [1.29, 1.82) is 0 Å². The van der Waals surface area contributed by atoms with Gasteiger partial charge in [-0.25, -0.2) is 0 Å². The molecule has 0 heterocycles. The van der Waals surface area contributed by atoms with Gasteiger partial charge in [0, 0.05) is 11.6 Å². The largest absolute Gasteiger partial charge is 0.349 e. The quantitative estimate of drug-likeness (QED) is 0.772. The molecule has 0 spiro atoms. The molecule has 2 rings (SSSR count). The summed E-state index contributed by atoms with van der Waals surface area (Å²) in [4.78, 5) is 11.6. The third kappa shape index (κ3) is 2.02. The van der Waals surface area contributed by atoms with Crippen LogP contribution in [0.4, 0.5) is 0 Å². The molecule has 1 amide bonds. The van der Waals surface area contributed by atoms with E-state index < -0.39 is 0 Å². The Morgan fingerprint density at radius 2 is 2.29 bits per heavy atom. The Balaban J connectivity index is 2.12. The summed E-state index contributed by atoms with van der Waals surface area (Å²) in [6, 6.07) is 7.89. The van der Waals surface area contributed by atoms with Gasteiger partial charge >= 0.3 is 0 Å². The second-order valence-electron chi connectivity index (χ2n) is 3.58. The Kier molecular flexibility index (Phi) is 2.35. The van der Waals surface area contributed by atoms with Crippen LogP contribution < -0.4 is 5.32 Å². The van der Waals surface area contributed by atoms with E-state index in [4.69, 9.17) is 0 Å². The van der Waals surface area contributed by atoms with Crippen molar-refractivity contribution >= 4 is 12.0 Å². The molecule has 2 heteroatoms. The Morgan fingerprint density at radius 1 is 1.50 bits per heavy atom. The fourth-order valence-corrected chi connectivity index (χ4v) is 1.30. The molecule has 0 unspecified atom stereocenters. The van der Waals surface area contributed by atoms with Crippen LogP contribution in [0.1, 0.15) is 28.8 Å². The van der Waals surface area contributed by atoms with E-state index in [9.17, 15) is 4.79 Å². The topological polar surface area (TPSA) is 29.1 Å². The number of carbonyl (C=O) groups is 1. The number of hydrogen-bond donors (Lipinski definition) is 1. The van der Waals surface area contributed by atoms with E-state index in [0.717, 1.165) is 18.4 Å². The van der Waals surface area contributed by atoms with Crippen molar-refractivity contribution in [2.45, 2.75) is 18.9 Å². The molecule has 0 aliphatic heterocycles. The van der Waals surface area contributed by atoms with Crippen LogP contribution in [0, 0.1) is 0 Å². The second-order valence-corrected chi connectivity index (χ2v) is 3.58. The van der Waals surface area contributed by atoms with Gasteiger partial charge in [-0.05, 0) is 30.5 Å². The Morgan fingerprint density at radius 3 is 2.93 bits per heavy atom. The van der Waals surface area contributed by atoms with Crippen molar-refractivity contribution in [2.24, 2.45) is 0 Å². The van der Waals surface area contributed by atoms with Crippen LogP contribution >= 0.6 is 0 Å². The predicted octanol–water partition coefficient (Wildman–Crippen LogP) is 2.22. The van der Waals surface area contributed by atoms with Crippen molar-refractivity contribution in [2.75, 3.05) is 0 Å². The zero-order valence-electron chi connectivity index (χ0n) is 7.99. The summed E-state index contributed by atoms with van der Waals surface area (Å²) >= 11 is 0. The van der Waals surface area contributed by atoms with Gasteiger partial charge in [-0.15, -0.1) is 0 Å². The van der Waals surface area contributed by atoms with Gasteiger partial charge in [-0.1, -0.05) is 24.8 Å². The summed E-state index contributed by atoms with van der Waals surface area (Å²) in [6.07, 6.45) is 3.98. The van der Waals surface area contributed by atoms with Crippen LogP contribution in [-0.2, 0) is 0 Å². The highest BCUT2D eigenvalue weighted by Crippen LogP contribution is 2.19. The fourth-order valence-electron chi connectivity index (χ4n) is 1.30. The fraction of sp³-hybridized carbons (Fsp3) is 0.250. The van der Waals surface area contributed by atoms with Gasteiger partial charge in [0.2, 0.25) is 0 Å². The van der Waals surface area contributed by atoms with Crippen LogP contribution in [0.5, 0.6) is 0 Å². The Bertz CT molecular complexity index is 366. The summed E-state index contributed by atoms with van der Waals surface area (Å²) in [6.45, 7) is 3.67. The number of benzene rings is 1. The zero-order valence-corrected chi connectivity index (χ0v) is 7.99. The molecule has 0 radical (unpaired) electrons. The average molecular weight is 187 g/mol. The average Bonchev–Trinajstić information content (AvgIpc) is 3.02. The lowest BCUT2D eigenvalue weighted by molar-refractivity contribution is 0.0951. The number of rotatable bonds is 3. The molecule has 14 heavy (non-hydrogen) atoms. The number of amides is 1. The lowest BCUT2D eigenvalue weighted by atomic mass is 10.1. The molecule has 1 aromatic carbocycles. The van der Waals surface area contributed by atoms with Gasteiger partial charge in [0.05, 0.1) is 0 Å². The van der Waals surface area contributed by atoms with Gasteiger partial charge in [0.15, 0.2) is 0 Å². The van der Waals surface area contributed by atoms with Gasteiger partial charge in [-0.3, -0.25) is 4.79 Å². The van der Waals surface area contributed by atoms with Crippen molar-refractivity contribution in [1.82, 2.24) is 5.32 Å². The van der Waals surface area contributed by atoms with Crippen molar-refractivity contribution < 1.29 is 4.79 Å². The summed E-state index contributed by atoms with van der Waals surface area (Å²) in [5, 5.41) is 2.95. The number of carbonyl (C=O) groups excluding carboxylic acids is 1. The highest BCUT2D eigenvalue weighted by Gasteiger charge is 2.23. The van der Waals surface area contributed by atoms with E-state index in [1.54, 1.807) is 6.08 Å². The lowest BCUT2D eigenvalue weighted by Gasteiger charge is -2.03. The highest BCUT2D eigenvalue weighted by atomic mass is 16.1. The van der Waals surface area contributed by atoms with Crippen molar-refractivity contribution in [3.8, 4) is 0 Å². The molecular formula is C12H13NO. The molecule has 1 aromatic rings. The Hall–Kier alpha value is -1.57. The van der Waals surface area contributed by atoms with E-state index in [2.05, 4.69) is 11.9 Å². The third-order valence-corrected chi connectivity index (χ3v) is 2.30. The first-order valence-corrected chi connectivity index (χ1v) is 4.83. The van der Waals surface area contributed by atoms with E-state index in [-0.39, 0.29) is 5.91 Å². The number of hydrogen-bond acceptors (Lipinski definition) is 1. The summed E-state index contributed by atoms with van der Waals surface area (Å²) in [7, 11) is 0. The molecule has 72 valence electrons. The van der Waals surface area contributed by atoms with E-state index in [1.165, 1.54) is 0 Å². The van der Waals surface area contributed by atoms with E-state index >= 15 is 0 Å². The highest BCUT2D eigenvalue weighted by molar-refractivity contribution is 5.95.